The number of likely N-dealkylation sites (tertiary alicyclic amines) is 1. The van der Waals surface area contributed by atoms with Crippen LogP contribution in [0, 0.1) is 17.7 Å². The maximum Gasteiger partial charge on any atom is 0.432 e. The van der Waals surface area contributed by atoms with Gasteiger partial charge >= 0.3 is 12.1 Å². The van der Waals surface area contributed by atoms with Crippen molar-refractivity contribution < 1.29 is 31.8 Å². The lowest BCUT2D eigenvalue weighted by molar-refractivity contribution is -0.140. The lowest BCUT2D eigenvalue weighted by Crippen LogP contribution is -2.25. The van der Waals surface area contributed by atoms with Gasteiger partial charge in [-0.15, -0.1) is 0 Å². The molecule has 1 unspecified atom stereocenters. The molecule has 0 aliphatic carbocycles. The SMILES string of the molecule is COC1CCN(CCCOc2ccc(-c3ncc(C(F)(F)F)[nH]3)cc2NC(=O)C#Cc2ccc(F)c(Cl)c2)C1. The molecule has 0 bridgehead atoms. The van der Waals surface area contributed by atoms with E-state index in [4.69, 9.17) is 21.1 Å². The second kappa shape index (κ2) is 12.5. The van der Waals surface area contributed by atoms with Crippen LogP contribution in [-0.4, -0.2) is 60.2 Å². The van der Waals surface area contributed by atoms with E-state index in [2.05, 4.69) is 32.0 Å². The van der Waals surface area contributed by atoms with Crippen LogP contribution in [0.5, 0.6) is 5.75 Å². The molecule has 4 rings (SSSR count). The first kappa shape index (κ1) is 28.4. The number of amides is 1. The largest absolute Gasteiger partial charge is 0.491 e. The Morgan fingerprint density at radius 3 is 2.79 bits per heavy atom. The molecule has 1 saturated heterocycles. The standard InChI is InChI=1S/C27H25ClF4N4O3/c1-38-19-9-11-36(16-19)10-2-12-39-23-7-5-18(26-33-15-24(35-26)27(30,31)32)14-22(23)34-25(37)8-4-17-3-6-21(29)20(28)13-17/h3,5-7,13-15,19H,2,9-12,16H2,1H3,(H,33,35)(H,34,37). The zero-order chi connectivity index (χ0) is 28.0. The minimum absolute atomic E-state index is 0.0295. The van der Waals surface area contributed by atoms with Crippen molar-refractivity contribution in [3.8, 4) is 29.0 Å². The molecule has 12 heteroatoms. The number of carbonyl (C=O) groups excluding carboxylic acids is 1. The smallest absolute Gasteiger partial charge is 0.432 e. The Balaban J connectivity index is 1.49. The van der Waals surface area contributed by atoms with E-state index < -0.39 is 23.6 Å². The lowest BCUT2D eigenvalue weighted by Gasteiger charge is -2.17. The van der Waals surface area contributed by atoms with Crippen molar-refractivity contribution in [3.05, 3.63) is 64.7 Å². The third-order valence-electron chi connectivity index (χ3n) is 6.06. The van der Waals surface area contributed by atoms with Gasteiger partial charge in [-0.2, -0.15) is 13.2 Å². The van der Waals surface area contributed by atoms with Gasteiger partial charge in [0, 0.05) is 43.8 Å². The number of nitrogens with zero attached hydrogens (tertiary/aromatic N) is 2. The normalized spacial score (nSPS) is 15.6. The summed E-state index contributed by atoms with van der Waals surface area (Å²) in [5.41, 5.74) is -0.164. The molecule has 1 aliphatic heterocycles. The second-order valence-electron chi connectivity index (χ2n) is 8.84. The van der Waals surface area contributed by atoms with Gasteiger partial charge in [-0.3, -0.25) is 4.79 Å². The molecule has 1 amide bonds. The number of halogens is 5. The second-order valence-corrected chi connectivity index (χ2v) is 9.24. The van der Waals surface area contributed by atoms with Crippen LogP contribution in [0.4, 0.5) is 23.2 Å². The van der Waals surface area contributed by atoms with E-state index in [1.54, 1.807) is 19.2 Å². The number of nitrogens with one attached hydrogen (secondary N) is 2. The molecule has 3 aromatic rings. The number of rotatable bonds is 8. The van der Waals surface area contributed by atoms with Crippen molar-refractivity contribution in [3.63, 3.8) is 0 Å². The van der Waals surface area contributed by atoms with Crippen molar-refractivity contribution in [2.24, 2.45) is 0 Å². The number of methoxy groups -OCH3 is 1. The molecule has 1 aliphatic rings. The van der Waals surface area contributed by atoms with E-state index in [0.717, 1.165) is 32.1 Å². The molecule has 206 valence electrons. The molecule has 1 aromatic heterocycles. The maximum atomic E-state index is 13.4. The number of imidazole rings is 1. The number of aromatic amines is 1. The van der Waals surface area contributed by atoms with Crippen LogP contribution in [0.3, 0.4) is 0 Å². The zero-order valence-electron chi connectivity index (χ0n) is 20.9. The minimum atomic E-state index is -4.58. The molecule has 0 spiro atoms. The van der Waals surface area contributed by atoms with Gasteiger partial charge in [0.1, 0.15) is 23.1 Å². The van der Waals surface area contributed by atoms with E-state index in [9.17, 15) is 22.4 Å². The summed E-state index contributed by atoms with van der Waals surface area (Å²) < 4.78 is 63.7. The summed E-state index contributed by atoms with van der Waals surface area (Å²) in [4.78, 5) is 20.9. The molecule has 7 nitrogen and oxygen atoms in total. The van der Waals surface area contributed by atoms with E-state index in [1.165, 1.54) is 18.2 Å². The maximum absolute atomic E-state index is 13.4. The Hall–Kier alpha value is -3.59. The summed E-state index contributed by atoms with van der Waals surface area (Å²) in [6, 6.07) is 8.34. The van der Waals surface area contributed by atoms with Gasteiger partial charge in [0.05, 0.1) is 29.6 Å². The van der Waals surface area contributed by atoms with Crippen LogP contribution in [0.15, 0.2) is 42.6 Å². The fraction of sp³-hybridized carbons (Fsp3) is 0.333. The summed E-state index contributed by atoms with van der Waals surface area (Å²) in [6.07, 6.45) is -1.97. The first-order valence-electron chi connectivity index (χ1n) is 12.0. The Morgan fingerprint density at radius 1 is 1.28 bits per heavy atom. The highest BCUT2D eigenvalue weighted by atomic mass is 35.5. The molecule has 2 heterocycles. The molecule has 0 saturated carbocycles. The number of carbonyl (C=O) groups is 1. The van der Waals surface area contributed by atoms with Crippen molar-refractivity contribution in [2.45, 2.75) is 25.1 Å². The number of alkyl halides is 3. The molecule has 2 N–H and O–H groups in total. The number of benzene rings is 2. The van der Waals surface area contributed by atoms with Crippen LogP contribution in [0.2, 0.25) is 5.02 Å². The number of ether oxygens (including phenoxy) is 2. The average molecular weight is 565 g/mol. The van der Waals surface area contributed by atoms with Crippen LogP contribution >= 0.6 is 11.6 Å². The van der Waals surface area contributed by atoms with Gasteiger partial charge in [0.25, 0.3) is 0 Å². The Bertz CT molecular complexity index is 1380. The Labute approximate surface area is 227 Å². The predicted molar refractivity (Wildman–Crippen MR) is 138 cm³/mol. The highest BCUT2D eigenvalue weighted by molar-refractivity contribution is 6.30. The number of H-pyrrole nitrogens is 1. The zero-order valence-corrected chi connectivity index (χ0v) is 21.6. The molecular formula is C27H25ClF4N4O3. The van der Waals surface area contributed by atoms with Crippen molar-refractivity contribution in [1.29, 1.82) is 0 Å². The Morgan fingerprint density at radius 2 is 2.10 bits per heavy atom. The fourth-order valence-corrected chi connectivity index (χ4v) is 4.21. The van der Waals surface area contributed by atoms with Crippen molar-refractivity contribution in [2.75, 3.05) is 38.7 Å². The topological polar surface area (TPSA) is 79.5 Å². The van der Waals surface area contributed by atoms with Crippen molar-refractivity contribution in [1.82, 2.24) is 14.9 Å². The van der Waals surface area contributed by atoms with Gasteiger partial charge in [-0.1, -0.05) is 17.5 Å². The summed E-state index contributed by atoms with van der Waals surface area (Å²) in [5.74, 6) is 3.95. The number of aromatic nitrogens is 2. The first-order valence-corrected chi connectivity index (χ1v) is 12.4. The van der Waals surface area contributed by atoms with E-state index in [0.29, 0.717) is 36.1 Å². The molecule has 1 atom stereocenters. The van der Waals surface area contributed by atoms with Gasteiger partial charge in [-0.25, -0.2) is 9.37 Å². The van der Waals surface area contributed by atoms with Crippen LogP contribution < -0.4 is 10.1 Å². The molecule has 2 aromatic carbocycles. The summed E-state index contributed by atoms with van der Waals surface area (Å²) in [7, 11) is 1.70. The predicted octanol–water partition coefficient (Wildman–Crippen LogP) is 5.37. The quantitative estimate of drug-likeness (QED) is 0.219. The van der Waals surface area contributed by atoms with E-state index in [-0.39, 0.29) is 22.6 Å². The third kappa shape index (κ3) is 7.72. The van der Waals surface area contributed by atoms with Crippen LogP contribution in [0.25, 0.3) is 11.4 Å². The summed E-state index contributed by atoms with van der Waals surface area (Å²) in [6.45, 7) is 2.94. The minimum Gasteiger partial charge on any atom is -0.491 e. The fourth-order valence-electron chi connectivity index (χ4n) is 4.03. The molecule has 1 fully saturated rings. The molecular weight excluding hydrogens is 540 g/mol. The highest BCUT2D eigenvalue weighted by Crippen LogP contribution is 2.33. The van der Waals surface area contributed by atoms with Gasteiger partial charge in [0.15, 0.2) is 0 Å². The first-order chi connectivity index (χ1) is 18.6. The Kier molecular flexibility index (Phi) is 9.12. The number of hydrogen-bond donors (Lipinski definition) is 2. The number of anilines is 1. The lowest BCUT2D eigenvalue weighted by atomic mass is 10.1. The van der Waals surface area contributed by atoms with Crippen molar-refractivity contribution >= 4 is 23.2 Å². The average Bonchev–Trinajstić information content (AvgIpc) is 3.58. The van der Waals surface area contributed by atoms with E-state index in [1.807, 2.05) is 0 Å². The summed E-state index contributed by atoms with van der Waals surface area (Å²) in [5, 5.41) is 2.48. The third-order valence-corrected chi connectivity index (χ3v) is 6.35. The van der Waals surface area contributed by atoms with Gasteiger partial charge in [-0.05, 0) is 49.2 Å². The van der Waals surface area contributed by atoms with Crippen LogP contribution in [0.1, 0.15) is 24.1 Å². The number of hydrogen-bond acceptors (Lipinski definition) is 5. The van der Waals surface area contributed by atoms with Crippen LogP contribution in [-0.2, 0) is 15.7 Å². The highest BCUT2D eigenvalue weighted by Gasteiger charge is 2.33. The summed E-state index contributed by atoms with van der Waals surface area (Å²) >= 11 is 5.75. The molecule has 0 radical (unpaired) electrons. The van der Waals surface area contributed by atoms with E-state index >= 15 is 0 Å². The molecule has 39 heavy (non-hydrogen) atoms. The van der Waals surface area contributed by atoms with Gasteiger partial charge < -0.3 is 24.7 Å². The van der Waals surface area contributed by atoms with Gasteiger partial charge in [0.2, 0.25) is 0 Å². The monoisotopic (exact) mass is 564 g/mol.